The number of fused-ring (bicyclic) bond motifs is 3. The molecule has 1 aliphatic carbocycles. The number of aromatic nitrogens is 5. The zero-order chi connectivity index (χ0) is 17.1. The second-order valence-corrected chi connectivity index (χ2v) is 5.20. The Morgan fingerprint density at radius 3 is 2.54 bits per heavy atom. The molecule has 0 radical (unpaired) electrons. The van der Waals surface area contributed by atoms with Crippen LogP contribution in [-0.2, 0) is 19.0 Å². The molecule has 11 heteroatoms. The number of nitrogens with zero attached hydrogens (tertiary/aromatic N) is 5. The van der Waals surface area contributed by atoms with Gasteiger partial charge in [0.15, 0.2) is 5.69 Å². The summed E-state index contributed by atoms with van der Waals surface area (Å²) < 4.78 is 44.0. The van der Waals surface area contributed by atoms with E-state index in [0.29, 0.717) is 4.80 Å². The van der Waals surface area contributed by atoms with Gasteiger partial charge in [0.05, 0.1) is 15.8 Å². The number of rotatable bonds is 1. The van der Waals surface area contributed by atoms with Crippen molar-refractivity contribution < 1.29 is 27.5 Å². The van der Waals surface area contributed by atoms with Gasteiger partial charge in [-0.1, -0.05) is 12.1 Å². The van der Waals surface area contributed by atoms with Gasteiger partial charge in [-0.25, -0.2) is 0 Å². The molecule has 4 rings (SSSR count). The molecule has 0 amide bonds. The fourth-order valence-corrected chi connectivity index (χ4v) is 2.73. The molecule has 1 aliphatic rings. The van der Waals surface area contributed by atoms with E-state index in [1.165, 1.54) is 12.1 Å². The van der Waals surface area contributed by atoms with E-state index in [-0.39, 0.29) is 45.4 Å². The lowest BCUT2D eigenvalue weighted by molar-refractivity contribution is -0.808. The van der Waals surface area contributed by atoms with E-state index in [1.54, 1.807) is 0 Å². The summed E-state index contributed by atoms with van der Waals surface area (Å²) in [5.41, 5.74) is -0.964. The fraction of sp³-hybridized carbons (Fsp3) is 0.231. The van der Waals surface area contributed by atoms with Crippen LogP contribution < -0.4 is 9.75 Å². The van der Waals surface area contributed by atoms with E-state index < -0.39 is 17.4 Å². The van der Waals surface area contributed by atoms with E-state index in [2.05, 4.69) is 14.9 Å². The Bertz CT molecular complexity index is 947. The number of benzene rings is 1. The summed E-state index contributed by atoms with van der Waals surface area (Å²) in [5.74, 6) is 0. The Balaban J connectivity index is 1.94. The quantitative estimate of drug-likeness (QED) is 0.485. The van der Waals surface area contributed by atoms with Crippen LogP contribution in [0.4, 0.5) is 13.2 Å². The molecule has 2 aromatic heterocycles. The highest BCUT2D eigenvalue weighted by molar-refractivity contribution is 5.59. The molecule has 124 valence electrons. The second-order valence-electron chi connectivity index (χ2n) is 5.20. The van der Waals surface area contributed by atoms with Gasteiger partial charge in [-0.3, -0.25) is 4.63 Å². The van der Waals surface area contributed by atoms with Gasteiger partial charge in [0.25, 0.3) is 0 Å². The summed E-state index contributed by atoms with van der Waals surface area (Å²) in [4.78, 5) is 1.11. The smallest absolute Gasteiger partial charge is 0.418 e. The van der Waals surface area contributed by atoms with Crippen molar-refractivity contribution >= 4 is 0 Å². The number of alkyl halides is 3. The van der Waals surface area contributed by atoms with Crippen molar-refractivity contribution in [2.75, 3.05) is 0 Å². The van der Waals surface area contributed by atoms with Crippen molar-refractivity contribution in [1.29, 1.82) is 0 Å². The van der Waals surface area contributed by atoms with Crippen LogP contribution in [0.25, 0.3) is 17.1 Å². The normalized spacial score (nSPS) is 13.6. The average molecular weight is 339 g/mol. The molecule has 0 saturated heterocycles. The summed E-state index contributed by atoms with van der Waals surface area (Å²) in [6, 6.07) is 4.61. The van der Waals surface area contributed by atoms with E-state index >= 15 is 0 Å². The van der Waals surface area contributed by atoms with Crippen LogP contribution in [0.1, 0.15) is 17.0 Å². The Morgan fingerprint density at radius 1 is 1.08 bits per heavy atom. The highest BCUT2D eigenvalue weighted by Gasteiger charge is 2.41. The maximum atomic E-state index is 13.2. The summed E-state index contributed by atoms with van der Waals surface area (Å²) in [5, 5.41) is 31.3. The number of hydrogen-bond acceptors (Lipinski definition) is 5. The van der Waals surface area contributed by atoms with E-state index in [1.807, 2.05) is 0 Å². The first-order valence-corrected chi connectivity index (χ1v) is 6.85. The lowest BCUT2D eigenvalue weighted by atomic mass is 10.0. The van der Waals surface area contributed by atoms with Crippen LogP contribution in [0.3, 0.4) is 0 Å². The SMILES string of the molecule is [O-][n+]1onc2c1CCc1c-2nn(-c2ccccc2C(F)(F)F)[n+]1[O-]. The second kappa shape index (κ2) is 4.69. The summed E-state index contributed by atoms with van der Waals surface area (Å²) >= 11 is 0. The molecule has 8 nitrogen and oxygen atoms in total. The highest BCUT2D eigenvalue weighted by Crippen LogP contribution is 2.34. The lowest BCUT2D eigenvalue weighted by Crippen LogP contribution is -2.42. The molecular weight excluding hydrogens is 331 g/mol. The van der Waals surface area contributed by atoms with Crippen LogP contribution in [0, 0.1) is 10.4 Å². The van der Waals surface area contributed by atoms with Crippen molar-refractivity contribution in [3.8, 4) is 17.1 Å². The third-order valence-electron chi connectivity index (χ3n) is 3.82. The van der Waals surface area contributed by atoms with Crippen LogP contribution >= 0.6 is 0 Å². The van der Waals surface area contributed by atoms with Gasteiger partial charge < -0.3 is 10.4 Å². The first kappa shape index (κ1) is 14.5. The topological polar surface area (TPSA) is 97.7 Å². The maximum absolute atomic E-state index is 13.2. The molecular formula is C13H8F3N5O3. The van der Waals surface area contributed by atoms with Gasteiger partial charge in [0, 0.05) is 12.8 Å². The summed E-state index contributed by atoms with van der Waals surface area (Å²) in [6.07, 6.45) is -4.32. The first-order chi connectivity index (χ1) is 11.4. The monoisotopic (exact) mass is 339 g/mol. The largest absolute Gasteiger partial charge is 0.692 e. The molecule has 0 saturated carbocycles. The van der Waals surface area contributed by atoms with Crippen molar-refractivity contribution in [3.63, 3.8) is 0 Å². The molecule has 0 spiro atoms. The first-order valence-electron chi connectivity index (χ1n) is 6.85. The third kappa shape index (κ3) is 1.94. The van der Waals surface area contributed by atoms with Gasteiger partial charge in [0.1, 0.15) is 5.69 Å². The van der Waals surface area contributed by atoms with Crippen molar-refractivity contribution in [2.45, 2.75) is 19.0 Å². The molecule has 0 fully saturated rings. The number of hydrogen-bond donors (Lipinski definition) is 0. The van der Waals surface area contributed by atoms with Crippen molar-refractivity contribution in [1.82, 2.24) is 15.1 Å². The van der Waals surface area contributed by atoms with Crippen LogP contribution in [0.2, 0.25) is 0 Å². The molecule has 2 heterocycles. The van der Waals surface area contributed by atoms with Crippen LogP contribution in [0.5, 0.6) is 0 Å². The van der Waals surface area contributed by atoms with Gasteiger partial charge in [-0.05, 0) is 21.8 Å². The highest BCUT2D eigenvalue weighted by atomic mass is 19.4. The summed E-state index contributed by atoms with van der Waals surface area (Å²) in [7, 11) is 0. The van der Waals surface area contributed by atoms with E-state index in [9.17, 15) is 23.6 Å². The molecule has 0 atom stereocenters. The Hall–Kier alpha value is -3.11. The molecule has 3 aromatic rings. The van der Waals surface area contributed by atoms with Gasteiger partial charge in [0.2, 0.25) is 5.69 Å². The van der Waals surface area contributed by atoms with Gasteiger partial charge in [-0.2, -0.15) is 13.2 Å². The molecule has 1 aromatic carbocycles. The minimum atomic E-state index is -4.65. The van der Waals surface area contributed by atoms with Crippen molar-refractivity contribution in [2.24, 2.45) is 0 Å². The molecule has 0 N–H and O–H groups in total. The Kier molecular flexibility index (Phi) is 2.83. The summed E-state index contributed by atoms with van der Waals surface area (Å²) in [6.45, 7) is 0. The fourth-order valence-electron chi connectivity index (χ4n) is 2.73. The maximum Gasteiger partial charge on any atom is 0.418 e. The van der Waals surface area contributed by atoms with Gasteiger partial charge >= 0.3 is 17.6 Å². The molecule has 0 unspecified atom stereocenters. The number of para-hydroxylation sites is 1. The Morgan fingerprint density at radius 2 is 1.79 bits per heavy atom. The predicted octanol–water partition coefficient (Wildman–Crippen LogP) is 0.911. The molecule has 0 aliphatic heterocycles. The minimum Gasteiger partial charge on any atom is -0.692 e. The lowest BCUT2D eigenvalue weighted by Gasteiger charge is -2.12. The number of halogens is 3. The third-order valence-corrected chi connectivity index (χ3v) is 3.82. The zero-order valence-electron chi connectivity index (χ0n) is 11.8. The standard InChI is InChI=1S/C13H8F3N5O3/c14-13(15,16)7-3-1-2-4-8(7)19-17-11-9(20(19)22)5-6-10-12(11)18-24-21(10)23/h1-4H,5-6H2. The van der Waals surface area contributed by atoms with Crippen molar-refractivity contribution in [3.05, 3.63) is 51.6 Å². The Labute approximate surface area is 131 Å². The molecule has 0 bridgehead atoms. The van der Waals surface area contributed by atoms with Crippen LogP contribution in [0.15, 0.2) is 28.9 Å². The zero-order valence-corrected chi connectivity index (χ0v) is 11.8. The predicted molar refractivity (Wildman–Crippen MR) is 69.4 cm³/mol. The minimum absolute atomic E-state index is 0.0431. The van der Waals surface area contributed by atoms with E-state index in [4.69, 9.17) is 0 Å². The molecule has 24 heavy (non-hydrogen) atoms. The van der Waals surface area contributed by atoms with E-state index in [0.717, 1.165) is 12.1 Å². The van der Waals surface area contributed by atoms with Crippen LogP contribution in [-0.4, -0.2) is 15.1 Å². The average Bonchev–Trinajstić information content (AvgIpc) is 3.08. The van der Waals surface area contributed by atoms with Gasteiger partial charge in [-0.15, -0.1) is 4.85 Å².